The van der Waals surface area contributed by atoms with E-state index >= 15 is 0 Å². The molecular weight excluding hydrogens is 576 g/mol. The topological polar surface area (TPSA) is 83.8 Å². The normalized spacial score (nSPS) is 12.1. The predicted octanol–water partition coefficient (Wildman–Crippen LogP) is 7.68. The van der Waals surface area contributed by atoms with Crippen molar-refractivity contribution in [3.05, 3.63) is 138 Å². The Labute approximate surface area is 268 Å². The number of ether oxygens (including phenoxy) is 2. The summed E-state index contributed by atoms with van der Waals surface area (Å²) in [6, 6.07) is 37.5. The number of hydrogen-bond donors (Lipinski definition) is 1. The third kappa shape index (κ3) is 7.47. The fourth-order valence-corrected chi connectivity index (χ4v) is 5.30. The molecule has 0 unspecified atom stereocenters. The van der Waals surface area contributed by atoms with Crippen LogP contribution in [-0.2, 0) is 24.1 Å². The van der Waals surface area contributed by atoms with Gasteiger partial charge in [0.1, 0.15) is 23.1 Å². The van der Waals surface area contributed by atoms with Crippen LogP contribution in [0.3, 0.4) is 0 Å². The number of aryl methyl sites for hydroxylation is 1. The van der Waals surface area contributed by atoms with Gasteiger partial charge in [-0.15, -0.1) is 0 Å². The van der Waals surface area contributed by atoms with Crippen LogP contribution < -0.4 is 19.7 Å². The highest BCUT2D eigenvalue weighted by Gasteiger charge is 2.26. The molecule has 0 aliphatic carbocycles. The minimum Gasteiger partial charge on any atom is -0.457 e. The van der Waals surface area contributed by atoms with E-state index in [-0.39, 0.29) is 18.4 Å². The molecule has 0 saturated heterocycles. The lowest BCUT2D eigenvalue weighted by molar-refractivity contribution is -0.413. The minimum absolute atomic E-state index is 0.0377. The average Bonchev–Trinajstić information content (AvgIpc) is 3.09. The lowest BCUT2D eigenvalue weighted by Crippen LogP contribution is -2.37. The fraction of sp³-hybridized carbons (Fsp3) is 0.158. The monoisotopic (exact) mass is 611 g/mol. The number of carbonyl (C=O) groups is 2. The molecule has 6 rings (SSSR count). The molecule has 2 heterocycles. The number of para-hydroxylation sites is 5. The summed E-state index contributed by atoms with van der Waals surface area (Å²) in [5.74, 6) is 3.22. The Hall–Kier alpha value is -5.76. The molecular formula is C38H35N4O4+. The number of nitrogens with one attached hydrogen (secondary N) is 1. The summed E-state index contributed by atoms with van der Waals surface area (Å²) in [5, 5.41) is 2.90. The first-order chi connectivity index (χ1) is 22.5. The van der Waals surface area contributed by atoms with Gasteiger partial charge in [0, 0.05) is 24.2 Å². The zero-order chi connectivity index (χ0) is 31.7. The smallest absolute Gasteiger partial charge is 0.457 e. The van der Waals surface area contributed by atoms with Gasteiger partial charge in [-0.25, -0.2) is 14.9 Å². The molecule has 1 aliphatic heterocycles. The van der Waals surface area contributed by atoms with Crippen molar-refractivity contribution in [1.82, 2.24) is 4.98 Å². The number of pyridine rings is 1. The molecule has 230 valence electrons. The highest BCUT2D eigenvalue weighted by atomic mass is 16.5. The number of hydrogen-bond acceptors (Lipinski definition) is 5. The van der Waals surface area contributed by atoms with Gasteiger partial charge in [0.05, 0.1) is 19.7 Å². The Kier molecular flexibility index (Phi) is 9.44. The van der Waals surface area contributed by atoms with Crippen LogP contribution in [-0.4, -0.2) is 41.3 Å². The van der Waals surface area contributed by atoms with E-state index in [1.54, 1.807) is 17.0 Å². The molecule has 0 saturated carbocycles. The van der Waals surface area contributed by atoms with Gasteiger partial charge in [-0.3, -0.25) is 9.69 Å². The summed E-state index contributed by atoms with van der Waals surface area (Å²) in [7, 11) is 0. The Morgan fingerprint density at radius 1 is 0.783 bits per heavy atom. The molecule has 0 atom stereocenters. The molecule has 0 bridgehead atoms. The van der Waals surface area contributed by atoms with E-state index in [4.69, 9.17) is 14.5 Å². The maximum absolute atomic E-state index is 13.7. The summed E-state index contributed by atoms with van der Waals surface area (Å²) in [6.07, 6.45) is 2.39. The molecule has 1 aliphatic rings. The van der Waals surface area contributed by atoms with Crippen molar-refractivity contribution in [1.29, 1.82) is 0 Å². The Bertz CT molecular complexity index is 1840. The maximum Gasteiger partial charge on any atom is 0.495 e. The van der Waals surface area contributed by atoms with Gasteiger partial charge in [-0.2, -0.15) is 4.79 Å². The van der Waals surface area contributed by atoms with Crippen LogP contribution in [0.25, 0.3) is 0 Å². The second-order valence-corrected chi connectivity index (χ2v) is 11.0. The van der Waals surface area contributed by atoms with Crippen LogP contribution in [0.5, 0.6) is 23.0 Å². The standard InChI is InChI=1S/C38H34N4O4/c1-41(38(44)40-33-19-9-11-21-35(33)46-32-17-6-3-7-18-32)26-24-30-23-22-28-14-12-25-42(37(28)39-30)36(43)27-29-13-8-10-20-34(29)45-31-15-4-2-5-16-31/h2-11,13,15-23H,1,12,14,24-27H2/p+1. The van der Waals surface area contributed by atoms with E-state index in [1.807, 2.05) is 109 Å². The SMILES string of the molecule is C=[N+](CCc1ccc2c(n1)N(C(=O)Cc1ccccc1Oc1ccccc1)CCC2)C(=O)Nc1ccccc1Oc1ccccc1. The van der Waals surface area contributed by atoms with Crippen LogP contribution in [0.4, 0.5) is 16.3 Å². The number of urea groups is 1. The Morgan fingerprint density at radius 2 is 1.41 bits per heavy atom. The Balaban J connectivity index is 1.10. The lowest BCUT2D eigenvalue weighted by atomic mass is 10.0. The summed E-state index contributed by atoms with van der Waals surface area (Å²) in [6.45, 7) is 4.88. The number of benzene rings is 4. The molecule has 1 N–H and O–H groups in total. The summed E-state index contributed by atoms with van der Waals surface area (Å²) < 4.78 is 13.4. The summed E-state index contributed by atoms with van der Waals surface area (Å²) in [4.78, 5) is 33.4. The van der Waals surface area contributed by atoms with Gasteiger partial charge >= 0.3 is 6.03 Å². The van der Waals surface area contributed by atoms with Crippen LogP contribution in [0.2, 0.25) is 0 Å². The molecule has 0 fully saturated rings. The van der Waals surface area contributed by atoms with Crippen molar-refractivity contribution in [3.8, 4) is 23.0 Å². The van der Waals surface area contributed by atoms with Crippen molar-refractivity contribution in [2.45, 2.75) is 25.7 Å². The zero-order valence-corrected chi connectivity index (χ0v) is 25.5. The van der Waals surface area contributed by atoms with Crippen LogP contribution >= 0.6 is 0 Å². The maximum atomic E-state index is 13.7. The lowest BCUT2D eigenvalue weighted by Gasteiger charge is -2.29. The van der Waals surface area contributed by atoms with Crippen LogP contribution in [0, 0.1) is 0 Å². The molecule has 3 amide bonds. The first-order valence-corrected chi connectivity index (χ1v) is 15.3. The van der Waals surface area contributed by atoms with Gasteiger partial charge in [-0.05, 0) is 66.9 Å². The molecule has 4 aromatic carbocycles. The van der Waals surface area contributed by atoms with Gasteiger partial charge in [0.2, 0.25) is 5.91 Å². The molecule has 0 radical (unpaired) electrons. The number of aromatic nitrogens is 1. The molecule has 0 spiro atoms. The first kappa shape index (κ1) is 30.3. The van der Waals surface area contributed by atoms with E-state index < -0.39 is 0 Å². The van der Waals surface area contributed by atoms with Crippen molar-refractivity contribution < 1.29 is 23.6 Å². The third-order valence-electron chi connectivity index (χ3n) is 7.71. The van der Waals surface area contributed by atoms with Gasteiger partial charge in [0.15, 0.2) is 11.4 Å². The van der Waals surface area contributed by atoms with Crippen molar-refractivity contribution >= 4 is 30.2 Å². The number of rotatable bonds is 10. The van der Waals surface area contributed by atoms with Crippen molar-refractivity contribution in [2.75, 3.05) is 23.3 Å². The summed E-state index contributed by atoms with van der Waals surface area (Å²) in [5.41, 5.74) is 3.17. The van der Waals surface area contributed by atoms with Crippen LogP contribution in [0.15, 0.2) is 121 Å². The molecule has 8 heteroatoms. The van der Waals surface area contributed by atoms with Gasteiger partial charge in [-0.1, -0.05) is 72.8 Å². The first-order valence-electron chi connectivity index (χ1n) is 15.3. The number of fused-ring (bicyclic) bond motifs is 1. The quantitative estimate of drug-likeness (QED) is 0.129. The van der Waals surface area contributed by atoms with E-state index in [0.717, 1.165) is 35.4 Å². The van der Waals surface area contributed by atoms with E-state index in [0.29, 0.717) is 48.3 Å². The average molecular weight is 612 g/mol. The number of nitrogens with zero attached hydrogens (tertiary/aromatic N) is 3. The van der Waals surface area contributed by atoms with Crippen molar-refractivity contribution in [2.24, 2.45) is 0 Å². The largest absolute Gasteiger partial charge is 0.495 e. The molecule has 8 nitrogen and oxygen atoms in total. The van der Waals surface area contributed by atoms with Gasteiger partial charge in [0.25, 0.3) is 0 Å². The van der Waals surface area contributed by atoms with E-state index in [2.05, 4.69) is 12.0 Å². The van der Waals surface area contributed by atoms with Gasteiger partial charge < -0.3 is 9.47 Å². The molecule has 5 aromatic rings. The number of anilines is 2. The third-order valence-corrected chi connectivity index (χ3v) is 7.71. The van der Waals surface area contributed by atoms with E-state index in [9.17, 15) is 9.59 Å². The Morgan fingerprint density at radius 3 is 2.15 bits per heavy atom. The molecule has 46 heavy (non-hydrogen) atoms. The number of carbonyl (C=O) groups excluding carboxylic acids is 2. The predicted molar refractivity (Wildman–Crippen MR) is 180 cm³/mol. The van der Waals surface area contributed by atoms with Crippen molar-refractivity contribution in [3.63, 3.8) is 0 Å². The number of amides is 3. The highest BCUT2D eigenvalue weighted by molar-refractivity contribution is 5.95. The summed E-state index contributed by atoms with van der Waals surface area (Å²) >= 11 is 0. The van der Waals surface area contributed by atoms with Crippen LogP contribution in [0.1, 0.15) is 23.2 Å². The fourth-order valence-electron chi connectivity index (χ4n) is 5.30. The molecule has 1 aromatic heterocycles. The zero-order valence-electron chi connectivity index (χ0n) is 25.5. The highest BCUT2D eigenvalue weighted by Crippen LogP contribution is 2.31. The van der Waals surface area contributed by atoms with E-state index in [1.165, 1.54) is 4.58 Å². The second kappa shape index (κ2) is 14.3. The second-order valence-electron chi connectivity index (χ2n) is 11.0. The minimum atomic E-state index is -0.365.